The second kappa shape index (κ2) is 10.5. The number of anilines is 1. The fraction of sp³-hybridized carbons (Fsp3) is 0.679. The van der Waals surface area contributed by atoms with Crippen LogP contribution in [0.3, 0.4) is 0 Å². The highest BCUT2D eigenvalue weighted by atomic mass is 16.5. The van der Waals surface area contributed by atoms with Crippen molar-refractivity contribution in [3.63, 3.8) is 0 Å². The monoisotopic (exact) mass is 498 g/mol. The van der Waals surface area contributed by atoms with Crippen molar-refractivity contribution >= 4 is 23.3 Å². The molecule has 198 valence electrons. The quantitative estimate of drug-likeness (QED) is 0.649. The Morgan fingerprint density at radius 1 is 1.08 bits per heavy atom. The van der Waals surface area contributed by atoms with Gasteiger partial charge in [0.25, 0.3) is 5.91 Å². The van der Waals surface area contributed by atoms with Crippen molar-refractivity contribution in [2.24, 2.45) is 17.3 Å². The molecule has 3 aliphatic heterocycles. The van der Waals surface area contributed by atoms with Crippen LogP contribution in [-0.4, -0.2) is 92.0 Å². The van der Waals surface area contributed by atoms with E-state index in [9.17, 15) is 14.4 Å². The highest BCUT2D eigenvalue weighted by Crippen LogP contribution is 2.41. The summed E-state index contributed by atoms with van der Waals surface area (Å²) in [4.78, 5) is 46.0. The fourth-order valence-electron chi connectivity index (χ4n) is 5.67. The number of rotatable bonds is 6. The molecular formula is C28H42N4O4. The third-order valence-electron chi connectivity index (χ3n) is 7.89. The zero-order valence-corrected chi connectivity index (χ0v) is 22.6. The van der Waals surface area contributed by atoms with Gasteiger partial charge in [-0.05, 0) is 49.1 Å². The van der Waals surface area contributed by atoms with Gasteiger partial charge in [-0.3, -0.25) is 14.4 Å². The number of likely N-dealkylation sites (N-methyl/N-ethyl adjacent to an activating group) is 1. The van der Waals surface area contributed by atoms with Crippen molar-refractivity contribution in [1.82, 2.24) is 15.1 Å². The zero-order valence-electron chi connectivity index (χ0n) is 22.6. The van der Waals surface area contributed by atoms with Crippen LogP contribution in [0.1, 0.15) is 51.4 Å². The van der Waals surface area contributed by atoms with Crippen molar-refractivity contribution in [2.75, 3.05) is 51.3 Å². The average molecular weight is 499 g/mol. The summed E-state index contributed by atoms with van der Waals surface area (Å²) in [7, 11) is 2.13. The Morgan fingerprint density at radius 3 is 2.31 bits per heavy atom. The predicted octanol–water partition coefficient (Wildman–Crippen LogP) is 2.42. The molecule has 0 aromatic heterocycles. The molecule has 3 aliphatic rings. The Kier molecular flexibility index (Phi) is 7.76. The molecule has 4 atom stereocenters. The van der Waals surface area contributed by atoms with Gasteiger partial charge in [0.2, 0.25) is 5.91 Å². The summed E-state index contributed by atoms with van der Waals surface area (Å²) >= 11 is 0. The van der Waals surface area contributed by atoms with Crippen LogP contribution in [0.15, 0.2) is 24.3 Å². The summed E-state index contributed by atoms with van der Waals surface area (Å²) in [6.45, 7) is 14.9. The largest absolute Gasteiger partial charge is 0.369 e. The molecular weight excluding hydrogens is 456 g/mol. The Labute approximate surface area is 215 Å². The van der Waals surface area contributed by atoms with Crippen molar-refractivity contribution in [3.05, 3.63) is 29.8 Å². The van der Waals surface area contributed by atoms with Gasteiger partial charge in [0.1, 0.15) is 18.7 Å². The first-order chi connectivity index (χ1) is 17.0. The maximum Gasteiger partial charge on any atom is 0.251 e. The molecule has 3 fully saturated rings. The zero-order chi connectivity index (χ0) is 26.2. The standard InChI is InChI=1S/C28H42N4O4/c1-18(2)15-22(27(35)32-16-21(28(3,4)5)25-24(32)23(33)17-36-25)29-26(34)19-7-9-20(10-8-19)31-13-11-30(6)12-14-31/h7-10,18,21-22,24-25H,11-17H2,1-6H3,(H,29,34)/t21-,22-,24+,25+/m0/s1. The molecule has 0 bridgehead atoms. The minimum absolute atomic E-state index is 0.0470. The van der Waals surface area contributed by atoms with Gasteiger partial charge in [0, 0.05) is 49.9 Å². The molecule has 2 amide bonds. The molecule has 1 aromatic rings. The topological polar surface area (TPSA) is 82.2 Å². The van der Waals surface area contributed by atoms with Crippen LogP contribution in [0, 0.1) is 17.3 Å². The van der Waals surface area contributed by atoms with E-state index in [1.165, 1.54) is 0 Å². The van der Waals surface area contributed by atoms with Gasteiger partial charge in [0.15, 0.2) is 5.78 Å². The minimum Gasteiger partial charge on any atom is -0.369 e. The molecule has 8 nitrogen and oxygen atoms in total. The van der Waals surface area contributed by atoms with Gasteiger partial charge in [-0.1, -0.05) is 34.6 Å². The van der Waals surface area contributed by atoms with E-state index in [1.807, 2.05) is 38.1 Å². The maximum atomic E-state index is 13.8. The molecule has 1 aromatic carbocycles. The summed E-state index contributed by atoms with van der Waals surface area (Å²) in [6.07, 6.45) is 0.228. The van der Waals surface area contributed by atoms with Gasteiger partial charge in [-0.25, -0.2) is 0 Å². The summed E-state index contributed by atoms with van der Waals surface area (Å²) in [5, 5.41) is 2.99. The summed E-state index contributed by atoms with van der Waals surface area (Å²) < 4.78 is 5.85. The maximum absolute atomic E-state index is 13.8. The first-order valence-electron chi connectivity index (χ1n) is 13.2. The molecule has 8 heteroatoms. The van der Waals surface area contributed by atoms with Crippen molar-refractivity contribution in [2.45, 2.75) is 59.2 Å². The summed E-state index contributed by atoms with van der Waals surface area (Å²) in [5.41, 5.74) is 1.53. The van der Waals surface area contributed by atoms with Crippen molar-refractivity contribution < 1.29 is 19.1 Å². The highest BCUT2D eigenvalue weighted by molar-refractivity contribution is 5.99. The first kappa shape index (κ1) is 26.6. The van der Waals surface area contributed by atoms with Crippen LogP contribution < -0.4 is 10.2 Å². The average Bonchev–Trinajstić information content (AvgIpc) is 3.39. The number of fused-ring (bicyclic) bond motifs is 1. The van der Waals surface area contributed by atoms with Crippen molar-refractivity contribution in [1.29, 1.82) is 0 Å². The van der Waals surface area contributed by atoms with Crippen LogP contribution in [0.2, 0.25) is 0 Å². The number of likely N-dealkylation sites (tertiary alicyclic amines) is 1. The van der Waals surface area contributed by atoms with Crippen LogP contribution >= 0.6 is 0 Å². The highest BCUT2D eigenvalue weighted by Gasteiger charge is 2.55. The second-order valence-corrected chi connectivity index (χ2v) is 12.1. The van der Waals surface area contributed by atoms with Gasteiger partial charge in [-0.15, -0.1) is 0 Å². The smallest absolute Gasteiger partial charge is 0.251 e. The lowest BCUT2D eigenvalue weighted by molar-refractivity contribution is -0.138. The Hall–Kier alpha value is -2.45. The Morgan fingerprint density at radius 2 is 1.72 bits per heavy atom. The molecule has 1 N–H and O–H groups in total. The lowest BCUT2D eigenvalue weighted by Gasteiger charge is -2.34. The number of carbonyl (C=O) groups is 3. The van der Waals surface area contributed by atoms with Crippen LogP contribution in [-0.2, 0) is 14.3 Å². The molecule has 0 saturated carbocycles. The molecule has 0 radical (unpaired) electrons. The molecule has 3 heterocycles. The number of Topliss-reactive ketones (excluding diaryl/α,β-unsaturated/α-hetero) is 1. The van der Waals surface area contributed by atoms with Gasteiger partial charge < -0.3 is 24.8 Å². The van der Waals surface area contributed by atoms with Gasteiger partial charge in [0.05, 0.1) is 6.10 Å². The predicted molar refractivity (Wildman–Crippen MR) is 140 cm³/mol. The lowest BCUT2D eigenvalue weighted by atomic mass is 9.78. The fourth-order valence-corrected chi connectivity index (χ4v) is 5.67. The van der Waals surface area contributed by atoms with E-state index in [2.05, 4.69) is 42.9 Å². The van der Waals surface area contributed by atoms with Crippen LogP contribution in [0.4, 0.5) is 5.69 Å². The van der Waals surface area contributed by atoms with Crippen LogP contribution in [0.5, 0.6) is 0 Å². The number of hydrogen-bond acceptors (Lipinski definition) is 6. The third-order valence-corrected chi connectivity index (χ3v) is 7.89. The van der Waals surface area contributed by atoms with E-state index >= 15 is 0 Å². The summed E-state index contributed by atoms with van der Waals surface area (Å²) in [6, 6.07) is 6.37. The van der Waals surface area contributed by atoms with E-state index < -0.39 is 12.1 Å². The normalized spacial score (nSPS) is 25.9. The van der Waals surface area contributed by atoms with E-state index in [1.54, 1.807) is 4.90 Å². The Bertz CT molecular complexity index is 963. The van der Waals surface area contributed by atoms with Gasteiger partial charge >= 0.3 is 0 Å². The SMILES string of the molecule is CC(C)C[C@H](NC(=O)c1ccc(N2CCN(C)CC2)cc1)C(=O)N1C[C@H](C(C)(C)C)[C@H]2OCC(=O)[C@H]21. The molecule has 36 heavy (non-hydrogen) atoms. The number of ketones is 1. The molecule has 3 saturated heterocycles. The van der Waals surface area contributed by atoms with E-state index in [-0.39, 0.29) is 47.6 Å². The molecule has 0 spiro atoms. The van der Waals surface area contributed by atoms with Crippen LogP contribution in [0.25, 0.3) is 0 Å². The van der Waals surface area contributed by atoms with E-state index in [4.69, 9.17) is 4.74 Å². The summed E-state index contributed by atoms with van der Waals surface area (Å²) in [5.74, 6) is -0.237. The number of hydrogen-bond donors (Lipinski definition) is 1. The second-order valence-electron chi connectivity index (χ2n) is 12.1. The number of nitrogens with one attached hydrogen (secondary N) is 1. The lowest BCUT2D eigenvalue weighted by Crippen LogP contribution is -2.52. The third kappa shape index (κ3) is 5.59. The first-order valence-corrected chi connectivity index (χ1v) is 13.2. The number of benzene rings is 1. The van der Waals surface area contributed by atoms with Crippen molar-refractivity contribution in [3.8, 4) is 0 Å². The number of carbonyl (C=O) groups excluding carboxylic acids is 3. The van der Waals surface area contributed by atoms with E-state index in [0.717, 1.165) is 31.9 Å². The minimum atomic E-state index is -0.692. The number of amides is 2. The number of piperazine rings is 1. The van der Waals surface area contributed by atoms with Gasteiger partial charge in [-0.2, -0.15) is 0 Å². The number of ether oxygens (including phenoxy) is 1. The molecule has 4 rings (SSSR count). The Balaban J connectivity index is 1.48. The molecule has 0 aliphatic carbocycles. The number of nitrogens with zero attached hydrogens (tertiary/aromatic N) is 3. The van der Waals surface area contributed by atoms with E-state index in [0.29, 0.717) is 18.5 Å². The molecule has 0 unspecified atom stereocenters.